The van der Waals surface area contributed by atoms with Gasteiger partial charge in [-0.25, -0.2) is 0 Å². The van der Waals surface area contributed by atoms with Crippen LogP contribution >= 0.6 is 0 Å². The maximum Gasteiger partial charge on any atom is 0.253 e. The minimum atomic E-state index is -0.441. The Morgan fingerprint density at radius 2 is 1.22 bits per heavy atom. The number of rotatable bonds is 13. The van der Waals surface area contributed by atoms with E-state index in [-0.39, 0.29) is 63.2 Å². The molecule has 0 atom stereocenters. The van der Waals surface area contributed by atoms with E-state index in [1.807, 2.05) is 0 Å². The molecule has 1 aliphatic heterocycles. The van der Waals surface area contributed by atoms with E-state index < -0.39 is 11.8 Å². The van der Waals surface area contributed by atoms with Crippen LogP contribution in [-0.2, 0) is 28.8 Å². The van der Waals surface area contributed by atoms with Crippen molar-refractivity contribution in [2.45, 2.75) is 19.3 Å². The summed E-state index contributed by atoms with van der Waals surface area (Å²) in [6.45, 7) is 0.987. The van der Waals surface area contributed by atoms with Gasteiger partial charge in [-0.3, -0.25) is 33.7 Å². The molecule has 0 radical (unpaired) electrons. The van der Waals surface area contributed by atoms with Crippen molar-refractivity contribution in [2.75, 3.05) is 32.7 Å². The maximum absolute atomic E-state index is 11.6. The summed E-state index contributed by atoms with van der Waals surface area (Å²) in [7, 11) is 0. The monoisotopic (exact) mass is 381 g/mol. The minimum absolute atomic E-state index is 0.000336. The molecule has 11 nitrogen and oxygen atoms in total. The summed E-state index contributed by atoms with van der Waals surface area (Å²) in [4.78, 5) is 68.3. The first kappa shape index (κ1) is 21.8. The third-order valence-corrected chi connectivity index (χ3v) is 3.49. The first-order valence-corrected chi connectivity index (χ1v) is 8.44. The number of nitrogens with one attached hydrogen (secondary N) is 4. The predicted octanol–water partition coefficient (Wildman–Crippen LogP) is -2.82. The third kappa shape index (κ3) is 9.14. The van der Waals surface area contributed by atoms with Crippen LogP contribution in [0.25, 0.3) is 0 Å². The molecular formula is C16H23N5O6. The van der Waals surface area contributed by atoms with Crippen molar-refractivity contribution in [3.63, 3.8) is 0 Å². The Bertz CT molecular complexity index is 600. The zero-order chi connectivity index (χ0) is 20.1. The number of hydrogen-bond donors (Lipinski definition) is 4. The van der Waals surface area contributed by atoms with Gasteiger partial charge in [0.15, 0.2) is 0 Å². The molecule has 0 fully saturated rings. The van der Waals surface area contributed by atoms with Gasteiger partial charge < -0.3 is 21.3 Å². The Morgan fingerprint density at radius 1 is 0.778 bits per heavy atom. The van der Waals surface area contributed by atoms with E-state index in [0.717, 1.165) is 17.1 Å². The summed E-state index contributed by atoms with van der Waals surface area (Å²) < 4.78 is 0. The van der Waals surface area contributed by atoms with E-state index in [1.54, 1.807) is 0 Å². The number of amides is 6. The highest BCUT2D eigenvalue weighted by Crippen LogP contribution is 2.03. The van der Waals surface area contributed by atoms with Crippen LogP contribution in [-0.4, -0.2) is 73.6 Å². The lowest BCUT2D eigenvalue weighted by Crippen LogP contribution is -2.38. The van der Waals surface area contributed by atoms with Crippen molar-refractivity contribution < 1.29 is 28.8 Å². The number of hydrogen-bond acceptors (Lipinski definition) is 6. The second-order valence-corrected chi connectivity index (χ2v) is 5.53. The third-order valence-electron chi connectivity index (χ3n) is 3.49. The molecule has 0 saturated carbocycles. The number of carbonyl (C=O) groups is 6. The summed E-state index contributed by atoms with van der Waals surface area (Å²) in [6.07, 6.45) is 2.84. The van der Waals surface area contributed by atoms with Gasteiger partial charge in [-0.15, -0.1) is 0 Å². The number of imide groups is 1. The van der Waals surface area contributed by atoms with Crippen molar-refractivity contribution in [1.29, 1.82) is 0 Å². The highest BCUT2D eigenvalue weighted by molar-refractivity contribution is 6.13. The van der Waals surface area contributed by atoms with Gasteiger partial charge in [0.2, 0.25) is 24.1 Å². The van der Waals surface area contributed by atoms with Crippen LogP contribution in [0.2, 0.25) is 0 Å². The molecule has 6 amide bonds. The smallest absolute Gasteiger partial charge is 0.253 e. The quantitative estimate of drug-likeness (QED) is 0.153. The van der Waals surface area contributed by atoms with Crippen LogP contribution in [0.3, 0.4) is 0 Å². The van der Waals surface area contributed by atoms with Gasteiger partial charge in [-0.2, -0.15) is 0 Å². The van der Waals surface area contributed by atoms with Gasteiger partial charge in [0.05, 0.1) is 0 Å². The topological polar surface area (TPSA) is 154 Å². The molecule has 0 aliphatic carbocycles. The molecule has 27 heavy (non-hydrogen) atoms. The summed E-state index contributed by atoms with van der Waals surface area (Å²) in [5.41, 5.74) is 0. The molecule has 0 bridgehead atoms. The molecule has 0 aromatic carbocycles. The first-order chi connectivity index (χ1) is 12.9. The minimum Gasteiger partial charge on any atom is -0.357 e. The van der Waals surface area contributed by atoms with E-state index in [9.17, 15) is 28.8 Å². The zero-order valence-corrected chi connectivity index (χ0v) is 14.8. The van der Waals surface area contributed by atoms with Crippen LogP contribution in [0.1, 0.15) is 19.3 Å². The van der Waals surface area contributed by atoms with E-state index in [4.69, 9.17) is 0 Å². The number of nitrogens with zero attached hydrogens (tertiary/aromatic N) is 1. The predicted molar refractivity (Wildman–Crippen MR) is 92.8 cm³/mol. The van der Waals surface area contributed by atoms with Gasteiger partial charge in [-0.05, 0) is 0 Å². The lowest BCUT2D eigenvalue weighted by atomic mass is 10.3. The molecule has 0 spiro atoms. The summed E-state index contributed by atoms with van der Waals surface area (Å²) in [5.74, 6) is -1.86. The van der Waals surface area contributed by atoms with E-state index in [0.29, 0.717) is 13.0 Å². The Balaban J connectivity index is 2.03. The second kappa shape index (κ2) is 12.2. The molecule has 4 N–H and O–H groups in total. The van der Waals surface area contributed by atoms with Gasteiger partial charge in [0.1, 0.15) is 0 Å². The van der Waals surface area contributed by atoms with Gasteiger partial charge >= 0.3 is 0 Å². The van der Waals surface area contributed by atoms with Gasteiger partial charge in [-0.1, -0.05) is 0 Å². The molecule has 1 heterocycles. The summed E-state index contributed by atoms with van der Waals surface area (Å²) >= 11 is 0. The fourth-order valence-corrected chi connectivity index (χ4v) is 2.09. The van der Waals surface area contributed by atoms with E-state index in [2.05, 4.69) is 21.3 Å². The molecule has 0 saturated heterocycles. The van der Waals surface area contributed by atoms with Gasteiger partial charge in [0, 0.05) is 64.1 Å². The van der Waals surface area contributed by atoms with Crippen molar-refractivity contribution in [1.82, 2.24) is 26.2 Å². The lowest BCUT2D eigenvalue weighted by Gasteiger charge is -2.13. The normalized spacial score (nSPS) is 12.7. The zero-order valence-electron chi connectivity index (χ0n) is 14.8. The summed E-state index contributed by atoms with van der Waals surface area (Å²) in [5, 5.41) is 10.1. The molecule has 0 aromatic heterocycles. The van der Waals surface area contributed by atoms with Crippen molar-refractivity contribution in [3.05, 3.63) is 12.2 Å². The van der Waals surface area contributed by atoms with Crippen LogP contribution in [0.5, 0.6) is 0 Å². The van der Waals surface area contributed by atoms with Crippen molar-refractivity contribution >= 4 is 35.9 Å². The molecule has 0 aromatic rings. The van der Waals surface area contributed by atoms with Crippen LogP contribution in [0.4, 0.5) is 0 Å². The fourth-order valence-electron chi connectivity index (χ4n) is 2.09. The molecule has 1 rings (SSSR count). The molecule has 0 unspecified atom stereocenters. The summed E-state index contributed by atoms with van der Waals surface area (Å²) in [6, 6.07) is 0. The maximum atomic E-state index is 11.6. The highest BCUT2D eigenvalue weighted by Gasteiger charge is 2.23. The van der Waals surface area contributed by atoms with E-state index in [1.165, 1.54) is 0 Å². The largest absolute Gasteiger partial charge is 0.357 e. The van der Waals surface area contributed by atoms with Crippen LogP contribution in [0.15, 0.2) is 12.2 Å². The fraction of sp³-hybridized carbons (Fsp3) is 0.500. The SMILES string of the molecule is O=CNCCNC(=O)CCC(=O)NCCNC(=O)CCN1C(=O)C=CC1=O. The number of carbonyl (C=O) groups excluding carboxylic acids is 6. The van der Waals surface area contributed by atoms with Crippen molar-refractivity contribution in [2.24, 2.45) is 0 Å². The van der Waals surface area contributed by atoms with Crippen LogP contribution in [0, 0.1) is 0 Å². The highest BCUT2D eigenvalue weighted by atomic mass is 16.2. The average Bonchev–Trinajstić information content (AvgIpc) is 2.96. The van der Waals surface area contributed by atoms with E-state index >= 15 is 0 Å². The molecule has 11 heteroatoms. The average molecular weight is 381 g/mol. The van der Waals surface area contributed by atoms with Crippen LogP contribution < -0.4 is 21.3 Å². The Labute approximate surface area is 155 Å². The molecule has 148 valence electrons. The lowest BCUT2D eigenvalue weighted by molar-refractivity contribution is -0.137. The first-order valence-electron chi connectivity index (χ1n) is 8.44. The Morgan fingerprint density at radius 3 is 1.70 bits per heavy atom. The van der Waals surface area contributed by atoms with Gasteiger partial charge in [0.25, 0.3) is 11.8 Å². The Kier molecular flexibility index (Phi) is 9.83. The second-order valence-electron chi connectivity index (χ2n) is 5.53. The van der Waals surface area contributed by atoms with Crippen molar-refractivity contribution in [3.8, 4) is 0 Å². The molecular weight excluding hydrogens is 358 g/mol. The Hall–Kier alpha value is -3.24. The molecule has 1 aliphatic rings. The standard InChI is InChI=1S/C16H23N5O6/c22-11-17-6-7-18-12(23)1-2-13(24)19-8-9-20-14(25)5-10-21-15(26)3-4-16(21)27/h3-4,11H,1-2,5-10H2,(H,17,22)(H,18,23)(H,19,24)(H,20,25).